The molecular weight excluding hydrogens is 638 g/mol. The molecule has 0 aliphatic carbocycles. The second kappa shape index (κ2) is 16.7. The summed E-state index contributed by atoms with van der Waals surface area (Å²) >= 11 is 0. The Labute approximate surface area is 280 Å². The van der Waals surface area contributed by atoms with Crippen molar-refractivity contribution in [3.63, 3.8) is 0 Å². The average Bonchev–Trinajstić information content (AvgIpc) is 3.41. The van der Waals surface area contributed by atoms with E-state index in [1.165, 1.54) is 26.0 Å². The predicted molar refractivity (Wildman–Crippen MR) is 179 cm³/mol. The third-order valence-electron chi connectivity index (χ3n) is 7.22. The van der Waals surface area contributed by atoms with Gasteiger partial charge in [-0.3, -0.25) is 21.3 Å². The van der Waals surface area contributed by atoms with Gasteiger partial charge in [-0.15, -0.1) is 0 Å². The van der Waals surface area contributed by atoms with Crippen LogP contribution in [0, 0.1) is 6.92 Å². The number of carbonyl (C=O) groups is 2. The predicted octanol–water partition coefficient (Wildman–Crippen LogP) is 0.790. The largest absolute Gasteiger partial charge is 0.546 e. The van der Waals surface area contributed by atoms with Gasteiger partial charge in [0.25, 0.3) is 0 Å². The Bertz CT molecular complexity index is 1830. The number of ether oxygens (including phenoxy) is 1. The number of guanidine groups is 1. The van der Waals surface area contributed by atoms with Crippen LogP contribution in [-0.4, -0.2) is 54.2 Å². The minimum absolute atomic E-state index is 0.114. The van der Waals surface area contributed by atoms with Crippen LogP contribution in [0.2, 0.25) is 0 Å². The first-order valence-electron chi connectivity index (χ1n) is 15.3. The maximum absolute atomic E-state index is 12.6. The van der Waals surface area contributed by atoms with Gasteiger partial charge >= 0.3 is 22.0 Å². The highest BCUT2D eigenvalue weighted by Gasteiger charge is 2.21. The molecule has 0 aliphatic heterocycles. The molecule has 14 heteroatoms. The molecule has 1 aromatic heterocycles. The molecule has 1 unspecified atom stereocenters. The van der Waals surface area contributed by atoms with Crippen molar-refractivity contribution < 1.29 is 42.1 Å². The minimum Gasteiger partial charge on any atom is -0.546 e. The number of rotatable bonds is 15. The molecule has 1 atom stereocenters. The van der Waals surface area contributed by atoms with Crippen LogP contribution in [0.5, 0.6) is 11.5 Å². The summed E-state index contributed by atoms with van der Waals surface area (Å²) in [5, 5.41) is 20.5. The van der Waals surface area contributed by atoms with Crippen molar-refractivity contribution in [1.82, 2.24) is 4.57 Å². The Kier molecular flexibility index (Phi) is 13.0. The molecule has 1 heterocycles. The second-order valence-corrected chi connectivity index (χ2v) is 13.2. The lowest BCUT2D eigenvalue weighted by atomic mass is 10.1. The summed E-state index contributed by atoms with van der Waals surface area (Å²) in [6.07, 6.45) is 4.63. The Morgan fingerprint density at radius 3 is 2.35 bits per heavy atom. The van der Waals surface area contributed by atoms with Crippen molar-refractivity contribution in [2.24, 2.45) is 17.2 Å². The van der Waals surface area contributed by atoms with E-state index in [0.717, 1.165) is 41.4 Å². The number of benzene rings is 3. The molecule has 0 amide bonds. The maximum Gasteiger partial charge on any atom is 0.339 e. The normalized spacial score (nSPS) is 12.0. The van der Waals surface area contributed by atoms with Crippen LogP contribution < -0.4 is 36.2 Å². The van der Waals surface area contributed by atoms with Gasteiger partial charge in [0.15, 0.2) is 0 Å². The van der Waals surface area contributed by atoms with Crippen LogP contribution in [0.3, 0.4) is 0 Å². The third-order valence-corrected chi connectivity index (χ3v) is 8.49. The molecule has 0 bridgehead atoms. The van der Waals surface area contributed by atoms with E-state index >= 15 is 0 Å². The molecule has 0 saturated heterocycles. The third kappa shape index (κ3) is 11.3. The van der Waals surface area contributed by atoms with E-state index in [4.69, 9.17) is 31.2 Å². The highest BCUT2D eigenvalue weighted by molar-refractivity contribution is 7.87. The van der Waals surface area contributed by atoms with Gasteiger partial charge in [-0.25, -0.2) is 0 Å². The van der Waals surface area contributed by atoms with Crippen LogP contribution in [0.15, 0.2) is 83.9 Å². The zero-order chi connectivity index (χ0) is 35.5. The molecular formula is C34H43N5O8S. The zero-order valence-corrected chi connectivity index (χ0v) is 28.0. The molecule has 258 valence electrons. The summed E-state index contributed by atoms with van der Waals surface area (Å²) in [6.45, 7) is 6.10. The Balaban J connectivity index is 0.000000444. The highest BCUT2D eigenvalue weighted by atomic mass is 32.2. The quantitative estimate of drug-likeness (QED) is 0.0510. The van der Waals surface area contributed by atoms with Gasteiger partial charge in [-0.1, -0.05) is 29.8 Å². The fraction of sp³-hybridized carbons (Fsp3) is 0.324. The molecule has 4 aromatic rings. The molecule has 0 fully saturated rings. The molecule has 0 radical (unpaired) electrons. The van der Waals surface area contributed by atoms with Gasteiger partial charge in [0.2, 0.25) is 0 Å². The fourth-order valence-corrected chi connectivity index (χ4v) is 5.46. The van der Waals surface area contributed by atoms with Crippen LogP contribution >= 0.6 is 0 Å². The Hall–Kier alpha value is -5.08. The van der Waals surface area contributed by atoms with Crippen LogP contribution in [0.4, 0.5) is 0 Å². The number of fused-ring (bicyclic) bond motifs is 1. The van der Waals surface area contributed by atoms with Crippen LogP contribution in [0.1, 0.15) is 44.2 Å². The van der Waals surface area contributed by atoms with Crippen molar-refractivity contribution >= 4 is 38.9 Å². The lowest BCUT2D eigenvalue weighted by molar-refractivity contribution is -0.459. The van der Waals surface area contributed by atoms with Crippen molar-refractivity contribution in [3.8, 4) is 11.5 Å². The number of nitrogens with two attached hydrogens (primary N) is 3. The zero-order valence-electron chi connectivity index (χ0n) is 27.2. The van der Waals surface area contributed by atoms with E-state index in [2.05, 4.69) is 9.56 Å². The van der Waals surface area contributed by atoms with Gasteiger partial charge in [0, 0.05) is 23.6 Å². The number of nitrogens with zero attached hydrogens (tertiary/aromatic N) is 1. The van der Waals surface area contributed by atoms with E-state index in [9.17, 15) is 23.1 Å². The number of aliphatic carboxylic acids is 2. The lowest BCUT2D eigenvalue weighted by Crippen LogP contribution is -2.78. The van der Waals surface area contributed by atoms with Gasteiger partial charge < -0.3 is 34.2 Å². The average molecular weight is 682 g/mol. The Morgan fingerprint density at radius 2 is 1.71 bits per heavy atom. The van der Waals surface area contributed by atoms with Crippen molar-refractivity contribution in [1.29, 1.82) is 0 Å². The first kappa shape index (κ1) is 37.4. The number of nitrogens with one attached hydrogen (secondary N) is 1. The summed E-state index contributed by atoms with van der Waals surface area (Å²) in [6, 6.07) is 20.3. The van der Waals surface area contributed by atoms with Gasteiger partial charge in [0.05, 0.1) is 12.5 Å². The number of carboxylic acid groups (broad SMARTS) is 2. The van der Waals surface area contributed by atoms with Crippen LogP contribution in [0.25, 0.3) is 10.9 Å². The first-order chi connectivity index (χ1) is 22.6. The molecule has 4 rings (SSSR count). The molecule has 8 N–H and O–H groups in total. The Morgan fingerprint density at radius 1 is 1.00 bits per heavy atom. The van der Waals surface area contributed by atoms with Crippen molar-refractivity contribution in [2.45, 2.75) is 69.5 Å². The van der Waals surface area contributed by atoms with E-state index in [1.54, 1.807) is 30.3 Å². The van der Waals surface area contributed by atoms with Crippen LogP contribution in [-0.2, 0) is 32.7 Å². The number of aryl methyl sites for hydroxylation is 3. The SMILES string of the molecule is Cc1ccc(S(=O)(=O)Oc2ccc3c(ccn3CCCc3cccc(OC(C)(C)C(=O)[O-])c3)c2)cc1.NC(N)=[NH+]CCCC(N)C(=O)O. The van der Waals surface area contributed by atoms with Gasteiger partial charge in [-0.05, 0) is 101 Å². The van der Waals surface area contributed by atoms with E-state index < -0.39 is 33.7 Å². The molecule has 0 spiro atoms. The monoisotopic (exact) mass is 681 g/mol. The summed E-state index contributed by atoms with van der Waals surface area (Å²) in [5.74, 6) is -1.37. The molecule has 3 aromatic carbocycles. The number of hydrogen-bond acceptors (Lipinski definition) is 8. The number of aromatic nitrogens is 1. The van der Waals surface area contributed by atoms with E-state index in [-0.39, 0.29) is 16.6 Å². The lowest BCUT2D eigenvalue weighted by Gasteiger charge is -2.27. The number of carboxylic acids is 2. The highest BCUT2D eigenvalue weighted by Crippen LogP contribution is 2.26. The standard InChI is InChI=1S/C28H29NO6S.C6H14N4O2/c1-20-9-12-25(13-10-20)36(32,33)35-24-11-14-26-22(19-24)15-17-29(26)16-5-7-21-6-4-8-23(18-21)34-28(2,3)27(30)31;7-4(5(11)12)2-1-3-10-6(8)9/h4,6,8-15,17-19H,5,7,16H2,1-3H3,(H,30,31);4H,1-3,7H2,(H,11,12)(H4,8,9,10). The summed E-state index contributed by atoms with van der Waals surface area (Å²) in [7, 11) is -3.91. The maximum atomic E-state index is 12.6. The van der Waals surface area contributed by atoms with E-state index in [1.807, 2.05) is 43.5 Å². The topological polar surface area (TPSA) is 227 Å². The van der Waals surface area contributed by atoms with Gasteiger partial charge in [0.1, 0.15) is 28.0 Å². The van der Waals surface area contributed by atoms with Crippen molar-refractivity contribution in [2.75, 3.05) is 6.54 Å². The molecule has 0 aliphatic rings. The first-order valence-corrected chi connectivity index (χ1v) is 16.7. The van der Waals surface area contributed by atoms with E-state index in [0.29, 0.717) is 25.1 Å². The number of carbonyl (C=O) groups excluding carboxylic acids is 1. The summed E-state index contributed by atoms with van der Waals surface area (Å²) in [4.78, 5) is 24.2. The smallest absolute Gasteiger partial charge is 0.339 e. The molecule has 0 saturated carbocycles. The summed E-state index contributed by atoms with van der Waals surface area (Å²) in [5.41, 5.74) is 17.0. The second-order valence-electron chi connectivity index (χ2n) is 11.7. The van der Waals surface area contributed by atoms with Crippen molar-refractivity contribution in [3.05, 3.63) is 90.1 Å². The fourth-order valence-electron chi connectivity index (χ4n) is 4.54. The van der Waals surface area contributed by atoms with Gasteiger partial charge in [-0.2, -0.15) is 8.42 Å². The minimum atomic E-state index is -3.91. The molecule has 13 nitrogen and oxygen atoms in total. The number of hydrogen-bond donors (Lipinski definition) is 5. The summed E-state index contributed by atoms with van der Waals surface area (Å²) < 4.78 is 38.2. The molecule has 48 heavy (non-hydrogen) atoms.